The van der Waals surface area contributed by atoms with Crippen molar-refractivity contribution in [1.82, 2.24) is 30.4 Å². The SMILES string of the molecule is CO[C@@]1(NC(=O)C2SC(=C(C(N)=O)C(=O)O)S2)C(=O)N2C(C(=O)O)=C(CSc3nnnn3C)CS(=O)[C@@H]21. The van der Waals surface area contributed by atoms with E-state index >= 15 is 0 Å². The molecular weight excluding hydrogens is 574 g/mol. The van der Waals surface area contributed by atoms with Crippen molar-refractivity contribution in [2.24, 2.45) is 12.8 Å². The molecule has 0 aromatic carbocycles. The number of amides is 3. The largest absolute Gasteiger partial charge is 0.477 e. The van der Waals surface area contributed by atoms with Crippen LogP contribution in [0.3, 0.4) is 0 Å². The zero-order valence-electron chi connectivity index (χ0n) is 18.8. The van der Waals surface area contributed by atoms with Gasteiger partial charge in [-0.1, -0.05) is 35.3 Å². The number of nitrogens with zero attached hydrogens (tertiary/aromatic N) is 5. The van der Waals surface area contributed by atoms with Crippen LogP contribution in [0.5, 0.6) is 0 Å². The first-order chi connectivity index (χ1) is 17.4. The van der Waals surface area contributed by atoms with Gasteiger partial charge in [-0.25, -0.2) is 14.3 Å². The van der Waals surface area contributed by atoms with Crippen molar-refractivity contribution in [2.45, 2.75) is 20.8 Å². The predicted molar refractivity (Wildman–Crippen MR) is 129 cm³/mol. The Balaban J connectivity index is 1.54. The van der Waals surface area contributed by atoms with Crippen molar-refractivity contribution < 1.29 is 43.1 Å². The molecule has 1 aromatic heterocycles. The number of carbonyl (C=O) groups is 5. The Hall–Kier alpha value is -2.94. The molecule has 3 amide bonds. The van der Waals surface area contributed by atoms with E-state index < -0.39 is 61.7 Å². The Morgan fingerprint density at radius 3 is 2.51 bits per heavy atom. The quantitative estimate of drug-likeness (QED) is 0.0585. The van der Waals surface area contributed by atoms with Crippen molar-refractivity contribution in [3.63, 3.8) is 0 Å². The topological polar surface area (TPSA) is 237 Å². The fourth-order valence-electron chi connectivity index (χ4n) is 3.69. The standard InChI is InChI=1S/C17H17N7O9S4/c1-23-16(20-21-22-23)34-3-5-4-37(32)15-17(33-2,14(31)24(15)7(5)11(29)30)19-9(26)13-35-12(36-13)6(8(18)25)10(27)28/h13,15H,3-4H2,1-2H3,(H2,18,25)(H,19,26)(H,27,28)(H,29,30)/t13?,15-,17+,37?/m1/s1. The number of primary amides is 1. The smallest absolute Gasteiger partial charge is 0.352 e. The van der Waals surface area contributed by atoms with E-state index in [-0.39, 0.29) is 27.0 Å². The van der Waals surface area contributed by atoms with Crippen LogP contribution in [0.4, 0.5) is 0 Å². The second kappa shape index (κ2) is 10.1. The van der Waals surface area contributed by atoms with E-state index in [2.05, 4.69) is 20.8 Å². The zero-order chi connectivity index (χ0) is 27.2. The van der Waals surface area contributed by atoms with Gasteiger partial charge in [-0.15, -0.1) is 5.10 Å². The Labute approximate surface area is 222 Å². The molecule has 0 saturated carbocycles. The van der Waals surface area contributed by atoms with Crippen LogP contribution in [0.15, 0.2) is 26.2 Å². The second-order valence-electron chi connectivity index (χ2n) is 7.51. The number of carboxylic acids is 2. The first kappa shape index (κ1) is 27.1. The molecule has 198 valence electrons. The Bertz CT molecular complexity index is 1300. The van der Waals surface area contributed by atoms with Crippen LogP contribution in [0.25, 0.3) is 0 Å². The Morgan fingerprint density at radius 2 is 2.00 bits per heavy atom. The lowest BCUT2D eigenvalue weighted by molar-refractivity contribution is -0.192. The minimum Gasteiger partial charge on any atom is -0.477 e. The van der Waals surface area contributed by atoms with Crippen LogP contribution in [-0.4, -0.2) is 103 Å². The summed E-state index contributed by atoms with van der Waals surface area (Å²) in [5.41, 5.74) is 2.14. The summed E-state index contributed by atoms with van der Waals surface area (Å²) in [4.78, 5) is 61.5. The van der Waals surface area contributed by atoms with Gasteiger partial charge in [-0.05, 0) is 16.0 Å². The molecule has 3 aliphatic heterocycles. The molecule has 3 atom stereocenters. The number of aryl methyl sites for hydroxylation is 1. The number of methoxy groups -OCH3 is 1. The van der Waals surface area contributed by atoms with Crippen molar-refractivity contribution in [2.75, 3.05) is 18.6 Å². The lowest BCUT2D eigenvalue weighted by Gasteiger charge is -2.55. The number of ether oxygens (including phenoxy) is 1. The van der Waals surface area contributed by atoms with Gasteiger partial charge < -0.3 is 26.0 Å². The molecule has 20 heteroatoms. The predicted octanol–water partition coefficient (Wildman–Crippen LogP) is -2.38. The number of aliphatic carboxylic acids is 2. The molecule has 37 heavy (non-hydrogen) atoms. The van der Waals surface area contributed by atoms with E-state index in [1.54, 1.807) is 7.05 Å². The molecule has 4 heterocycles. The number of rotatable bonds is 9. The van der Waals surface area contributed by atoms with Crippen LogP contribution < -0.4 is 11.1 Å². The maximum Gasteiger partial charge on any atom is 0.352 e. The number of hydrogen-bond acceptors (Lipinski definition) is 13. The van der Waals surface area contributed by atoms with Crippen LogP contribution >= 0.6 is 35.3 Å². The van der Waals surface area contributed by atoms with Crippen LogP contribution in [0.1, 0.15) is 0 Å². The van der Waals surface area contributed by atoms with Crippen LogP contribution in [0.2, 0.25) is 0 Å². The minimum absolute atomic E-state index is 0.0192. The zero-order valence-corrected chi connectivity index (χ0v) is 22.0. The maximum atomic E-state index is 13.2. The number of carboxylic acid groups (broad SMARTS) is 2. The lowest BCUT2D eigenvalue weighted by Crippen LogP contribution is -2.83. The molecule has 1 aromatic rings. The van der Waals surface area contributed by atoms with Crippen molar-refractivity contribution in [1.29, 1.82) is 0 Å². The first-order valence-corrected chi connectivity index (χ1v) is 14.0. The summed E-state index contributed by atoms with van der Waals surface area (Å²) in [5.74, 6) is -6.03. The second-order valence-corrected chi connectivity index (χ2v) is 12.7. The average Bonchev–Trinajstić information content (AvgIpc) is 3.20. The highest BCUT2D eigenvalue weighted by molar-refractivity contribution is 8.39. The van der Waals surface area contributed by atoms with E-state index in [1.165, 1.54) is 4.68 Å². The highest BCUT2D eigenvalue weighted by Gasteiger charge is 2.69. The average molecular weight is 592 g/mol. The Kier molecular flexibility index (Phi) is 7.38. The third-order valence-electron chi connectivity index (χ3n) is 5.36. The van der Waals surface area contributed by atoms with Gasteiger partial charge in [-0.3, -0.25) is 23.5 Å². The number of aromatic nitrogens is 4. The number of nitrogens with one attached hydrogen (secondary N) is 1. The van der Waals surface area contributed by atoms with E-state index in [4.69, 9.17) is 15.6 Å². The van der Waals surface area contributed by atoms with Crippen molar-refractivity contribution in [3.8, 4) is 0 Å². The molecule has 0 aliphatic carbocycles. The van der Waals surface area contributed by atoms with Crippen molar-refractivity contribution in [3.05, 3.63) is 21.1 Å². The molecule has 16 nitrogen and oxygen atoms in total. The van der Waals surface area contributed by atoms with Crippen molar-refractivity contribution >= 4 is 75.7 Å². The molecule has 1 unspecified atom stereocenters. The van der Waals surface area contributed by atoms with E-state index in [9.17, 15) is 33.3 Å². The van der Waals surface area contributed by atoms with E-state index in [1.807, 2.05) is 0 Å². The fraction of sp³-hybridized carbons (Fsp3) is 0.412. The molecule has 5 N–H and O–H groups in total. The molecular formula is C17H17N7O9S4. The fourth-order valence-corrected chi connectivity index (χ4v) is 8.70. The molecule has 4 rings (SSSR count). The minimum atomic E-state index is -2.10. The lowest BCUT2D eigenvalue weighted by atomic mass is 9.98. The maximum absolute atomic E-state index is 13.2. The van der Waals surface area contributed by atoms with Crippen LogP contribution in [0, 0.1) is 0 Å². The molecule has 2 saturated heterocycles. The number of β-lactam (4-membered cyclic amide) rings is 1. The van der Waals surface area contributed by atoms with Gasteiger partial charge in [0.25, 0.3) is 17.5 Å². The van der Waals surface area contributed by atoms with E-state index in [0.717, 1.165) is 47.3 Å². The van der Waals surface area contributed by atoms with Gasteiger partial charge in [0.2, 0.25) is 11.1 Å². The Morgan fingerprint density at radius 1 is 1.32 bits per heavy atom. The number of nitrogens with two attached hydrogens (primary N) is 1. The van der Waals surface area contributed by atoms with Gasteiger partial charge in [0.15, 0.2) is 5.37 Å². The number of fused-ring (bicyclic) bond motifs is 1. The number of tetrazole rings is 1. The summed E-state index contributed by atoms with van der Waals surface area (Å²) in [7, 11) is 0.823. The van der Waals surface area contributed by atoms with E-state index in [0.29, 0.717) is 5.16 Å². The summed E-state index contributed by atoms with van der Waals surface area (Å²) >= 11 is 2.59. The monoisotopic (exact) mass is 591 g/mol. The molecule has 0 radical (unpaired) electrons. The summed E-state index contributed by atoms with van der Waals surface area (Å²) < 4.78 is 18.9. The first-order valence-electron chi connectivity index (χ1n) is 9.92. The molecule has 0 bridgehead atoms. The van der Waals surface area contributed by atoms with Gasteiger partial charge in [-0.2, -0.15) is 0 Å². The third-order valence-corrected chi connectivity index (χ3v) is 11.0. The number of thioether (sulfide) groups is 3. The summed E-state index contributed by atoms with van der Waals surface area (Å²) in [5, 5.41) is 31.4. The van der Waals surface area contributed by atoms with Gasteiger partial charge in [0.05, 0.1) is 20.8 Å². The van der Waals surface area contributed by atoms with Gasteiger partial charge in [0, 0.05) is 19.9 Å². The van der Waals surface area contributed by atoms with Crippen LogP contribution in [-0.2, 0) is 46.6 Å². The summed E-state index contributed by atoms with van der Waals surface area (Å²) in [6.45, 7) is 0. The molecule has 3 aliphatic rings. The van der Waals surface area contributed by atoms with Gasteiger partial charge in [0.1, 0.15) is 15.9 Å². The molecule has 0 spiro atoms. The normalized spacial score (nSPS) is 26.6. The highest BCUT2D eigenvalue weighted by Crippen LogP contribution is 2.53. The molecule has 2 fully saturated rings. The van der Waals surface area contributed by atoms with Gasteiger partial charge >= 0.3 is 11.9 Å². The highest BCUT2D eigenvalue weighted by atomic mass is 32.3. The number of hydrogen-bond donors (Lipinski definition) is 4. The summed E-state index contributed by atoms with van der Waals surface area (Å²) in [6.07, 6.45) is 0. The number of carbonyl (C=O) groups excluding carboxylic acids is 3. The third kappa shape index (κ3) is 4.51. The summed E-state index contributed by atoms with van der Waals surface area (Å²) in [6, 6.07) is 0.